The Morgan fingerprint density at radius 3 is 2.71 bits per heavy atom. The number of nitrogens with zero attached hydrogens (tertiary/aromatic N) is 1. The van der Waals surface area contributed by atoms with Gasteiger partial charge in [-0.3, -0.25) is 24.1 Å². The Labute approximate surface area is 140 Å². The highest BCUT2D eigenvalue weighted by atomic mass is 16.5. The minimum Gasteiger partial charge on any atom is -0.451 e. The van der Waals surface area contributed by atoms with Gasteiger partial charge in [0.05, 0.1) is 6.42 Å². The van der Waals surface area contributed by atoms with Crippen molar-refractivity contribution in [1.29, 1.82) is 0 Å². The normalized spacial score (nSPS) is 14.8. The standard InChI is InChI=1S/C17H20N2O5/c1-3-8-18-16(22)11(2)24-15(21)10-19-14(20)9-12-6-4-5-7-13(12)17(19)23/h4-7,11H,3,8-10H2,1-2H3,(H,18,22)/t11-/m0/s1. The zero-order valence-electron chi connectivity index (χ0n) is 13.7. The van der Waals surface area contributed by atoms with Crippen LogP contribution in [0.4, 0.5) is 0 Å². The molecule has 7 nitrogen and oxygen atoms in total. The summed E-state index contributed by atoms with van der Waals surface area (Å²) in [7, 11) is 0. The van der Waals surface area contributed by atoms with Crippen LogP contribution in [0.5, 0.6) is 0 Å². The summed E-state index contributed by atoms with van der Waals surface area (Å²) in [4.78, 5) is 48.9. The third-order valence-corrected chi connectivity index (χ3v) is 3.65. The molecule has 0 aliphatic carbocycles. The molecule has 1 aromatic carbocycles. The van der Waals surface area contributed by atoms with Crippen molar-refractivity contribution in [3.8, 4) is 0 Å². The molecule has 0 saturated heterocycles. The van der Waals surface area contributed by atoms with Crippen LogP contribution in [-0.2, 0) is 25.5 Å². The van der Waals surface area contributed by atoms with Gasteiger partial charge in [0.1, 0.15) is 6.54 Å². The van der Waals surface area contributed by atoms with Crippen LogP contribution in [0.3, 0.4) is 0 Å². The van der Waals surface area contributed by atoms with Crippen molar-refractivity contribution in [2.45, 2.75) is 32.8 Å². The molecule has 0 bridgehead atoms. The lowest BCUT2D eigenvalue weighted by atomic mass is 9.98. The minimum atomic E-state index is -0.980. The fourth-order valence-corrected chi connectivity index (χ4v) is 2.37. The molecule has 1 atom stereocenters. The number of imide groups is 1. The molecule has 0 saturated carbocycles. The fraction of sp³-hybridized carbons (Fsp3) is 0.412. The number of amides is 3. The summed E-state index contributed by atoms with van der Waals surface area (Å²) in [6.45, 7) is 3.33. The summed E-state index contributed by atoms with van der Waals surface area (Å²) < 4.78 is 5.00. The van der Waals surface area contributed by atoms with Crippen molar-refractivity contribution in [3.05, 3.63) is 35.4 Å². The Hall–Kier alpha value is -2.70. The van der Waals surface area contributed by atoms with Crippen molar-refractivity contribution >= 4 is 23.7 Å². The van der Waals surface area contributed by atoms with Gasteiger partial charge in [-0.15, -0.1) is 0 Å². The number of ether oxygens (including phenoxy) is 1. The maximum atomic E-state index is 12.3. The minimum absolute atomic E-state index is 0.0573. The second-order valence-corrected chi connectivity index (χ2v) is 5.54. The van der Waals surface area contributed by atoms with E-state index in [0.717, 1.165) is 11.3 Å². The highest BCUT2D eigenvalue weighted by molar-refractivity contribution is 6.11. The first-order valence-corrected chi connectivity index (χ1v) is 7.83. The zero-order valence-corrected chi connectivity index (χ0v) is 13.7. The van der Waals surface area contributed by atoms with Gasteiger partial charge in [-0.2, -0.15) is 0 Å². The molecular formula is C17H20N2O5. The van der Waals surface area contributed by atoms with Crippen LogP contribution in [0.1, 0.15) is 36.2 Å². The summed E-state index contributed by atoms with van der Waals surface area (Å²) >= 11 is 0. The van der Waals surface area contributed by atoms with Crippen molar-refractivity contribution in [3.63, 3.8) is 0 Å². The second-order valence-electron chi connectivity index (χ2n) is 5.54. The van der Waals surface area contributed by atoms with Gasteiger partial charge in [-0.05, 0) is 25.0 Å². The maximum Gasteiger partial charge on any atom is 0.326 e. The SMILES string of the molecule is CCCNC(=O)[C@H](C)OC(=O)CN1C(=O)Cc2ccccc2C1=O. The van der Waals surface area contributed by atoms with E-state index in [1.54, 1.807) is 24.3 Å². The lowest BCUT2D eigenvalue weighted by molar-refractivity contribution is -0.156. The molecule has 3 amide bonds. The van der Waals surface area contributed by atoms with Gasteiger partial charge >= 0.3 is 5.97 Å². The quantitative estimate of drug-likeness (QED) is 0.610. The Morgan fingerprint density at radius 1 is 1.29 bits per heavy atom. The molecule has 1 heterocycles. The molecule has 24 heavy (non-hydrogen) atoms. The molecule has 0 aromatic heterocycles. The number of fused-ring (bicyclic) bond motifs is 1. The van der Waals surface area contributed by atoms with Crippen LogP contribution in [0, 0.1) is 0 Å². The molecule has 2 rings (SSSR count). The van der Waals surface area contributed by atoms with Crippen molar-refractivity contribution < 1.29 is 23.9 Å². The second kappa shape index (κ2) is 7.72. The van der Waals surface area contributed by atoms with Crippen LogP contribution in [0.25, 0.3) is 0 Å². The van der Waals surface area contributed by atoms with Crippen LogP contribution in [0.15, 0.2) is 24.3 Å². The Morgan fingerprint density at radius 2 is 2.00 bits per heavy atom. The van der Waals surface area contributed by atoms with E-state index in [1.807, 2.05) is 6.92 Å². The number of esters is 1. The topological polar surface area (TPSA) is 92.8 Å². The third-order valence-electron chi connectivity index (χ3n) is 3.65. The Kier molecular flexibility index (Phi) is 5.68. The van der Waals surface area contributed by atoms with E-state index >= 15 is 0 Å². The summed E-state index contributed by atoms with van der Waals surface area (Å²) in [5.41, 5.74) is 1.04. The number of carbonyl (C=O) groups excluding carboxylic acids is 4. The van der Waals surface area contributed by atoms with E-state index in [1.165, 1.54) is 6.92 Å². The molecule has 1 aliphatic rings. The first-order chi connectivity index (χ1) is 11.4. The smallest absolute Gasteiger partial charge is 0.326 e. The molecule has 1 N–H and O–H groups in total. The van der Waals surface area contributed by atoms with E-state index < -0.39 is 36.3 Å². The monoisotopic (exact) mass is 332 g/mol. The van der Waals surface area contributed by atoms with Gasteiger partial charge in [0.15, 0.2) is 6.10 Å². The van der Waals surface area contributed by atoms with Gasteiger partial charge in [0, 0.05) is 12.1 Å². The van der Waals surface area contributed by atoms with Crippen LogP contribution < -0.4 is 5.32 Å². The molecule has 7 heteroatoms. The summed E-state index contributed by atoms with van der Waals surface area (Å²) in [6, 6.07) is 6.77. The zero-order chi connectivity index (χ0) is 17.7. The lowest BCUT2D eigenvalue weighted by Crippen LogP contribution is -2.46. The van der Waals surface area contributed by atoms with Crippen LogP contribution in [0.2, 0.25) is 0 Å². The predicted molar refractivity (Wildman–Crippen MR) is 85.0 cm³/mol. The average Bonchev–Trinajstić information content (AvgIpc) is 2.56. The largest absolute Gasteiger partial charge is 0.451 e. The van der Waals surface area contributed by atoms with Crippen LogP contribution in [-0.4, -0.2) is 47.8 Å². The fourth-order valence-electron chi connectivity index (χ4n) is 2.37. The molecule has 0 fully saturated rings. The number of nitrogens with one attached hydrogen (secondary N) is 1. The summed E-state index contributed by atoms with van der Waals surface area (Å²) in [6.07, 6.45) is -0.157. The molecule has 128 valence electrons. The number of hydrogen-bond acceptors (Lipinski definition) is 5. The highest BCUT2D eigenvalue weighted by Gasteiger charge is 2.33. The van der Waals surface area contributed by atoms with Crippen LogP contribution >= 0.6 is 0 Å². The molecule has 0 spiro atoms. The first kappa shape index (κ1) is 17.7. The average molecular weight is 332 g/mol. The van der Waals surface area contributed by atoms with Gasteiger partial charge in [0.25, 0.3) is 11.8 Å². The maximum absolute atomic E-state index is 12.3. The van der Waals surface area contributed by atoms with Gasteiger partial charge in [-0.25, -0.2) is 0 Å². The number of rotatable bonds is 6. The molecular weight excluding hydrogens is 312 g/mol. The summed E-state index contributed by atoms with van der Waals surface area (Å²) in [5.74, 6) is -2.19. The Bertz CT molecular complexity index is 671. The van der Waals surface area contributed by atoms with Gasteiger partial charge < -0.3 is 10.1 Å². The Balaban J connectivity index is 1.98. The van der Waals surface area contributed by atoms with Crippen molar-refractivity contribution in [2.75, 3.05) is 13.1 Å². The van der Waals surface area contributed by atoms with Crippen molar-refractivity contribution in [2.24, 2.45) is 0 Å². The molecule has 0 unspecified atom stereocenters. The van der Waals surface area contributed by atoms with E-state index in [4.69, 9.17) is 4.74 Å². The first-order valence-electron chi connectivity index (χ1n) is 7.83. The highest BCUT2D eigenvalue weighted by Crippen LogP contribution is 2.19. The third kappa shape index (κ3) is 3.98. The van der Waals surface area contributed by atoms with Gasteiger partial charge in [-0.1, -0.05) is 25.1 Å². The van der Waals surface area contributed by atoms with Crippen molar-refractivity contribution in [1.82, 2.24) is 10.2 Å². The molecule has 1 aromatic rings. The molecule has 1 aliphatic heterocycles. The van der Waals surface area contributed by atoms with E-state index in [0.29, 0.717) is 17.7 Å². The van der Waals surface area contributed by atoms with E-state index in [-0.39, 0.29) is 6.42 Å². The lowest BCUT2D eigenvalue weighted by Gasteiger charge is -2.26. The number of benzene rings is 1. The summed E-state index contributed by atoms with van der Waals surface area (Å²) in [5, 5.41) is 2.61. The number of hydrogen-bond donors (Lipinski definition) is 1. The van der Waals surface area contributed by atoms with Gasteiger partial charge in [0.2, 0.25) is 5.91 Å². The van der Waals surface area contributed by atoms with E-state index in [2.05, 4.69) is 5.32 Å². The van der Waals surface area contributed by atoms with E-state index in [9.17, 15) is 19.2 Å². The molecule has 0 radical (unpaired) electrons. The number of carbonyl (C=O) groups is 4. The predicted octanol–water partition coefficient (Wildman–Crippen LogP) is 0.669.